The summed E-state index contributed by atoms with van der Waals surface area (Å²) < 4.78 is 38.7. The van der Waals surface area contributed by atoms with Crippen LogP contribution in [0, 0.1) is 13.8 Å². The lowest BCUT2D eigenvalue weighted by molar-refractivity contribution is -0.137. The van der Waals surface area contributed by atoms with E-state index in [0.29, 0.717) is 0 Å². The summed E-state index contributed by atoms with van der Waals surface area (Å²) in [6, 6.07) is 3.89. The van der Waals surface area contributed by atoms with Crippen LogP contribution in [0.25, 0.3) is 11.1 Å². The van der Waals surface area contributed by atoms with Gasteiger partial charge in [0.1, 0.15) is 0 Å². The van der Waals surface area contributed by atoms with Gasteiger partial charge in [-0.05, 0) is 31.5 Å². The Hall–Kier alpha value is -2.90. The van der Waals surface area contributed by atoms with Gasteiger partial charge >= 0.3 is 18.1 Å². The average molecular weight is 339 g/mol. The van der Waals surface area contributed by atoms with Gasteiger partial charge in [-0.25, -0.2) is 9.59 Å². The molecule has 0 atom stereocenters. The molecule has 0 saturated carbocycles. The normalized spacial score (nSPS) is 11.4. The number of aryl methyl sites for hydroxylation is 2. The largest absolute Gasteiger partial charge is 0.478 e. The van der Waals surface area contributed by atoms with Crippen molar-refractivity contribution in [3.63, 3.8) is 0 Å². The van der Waals surface area contributed by atoms with Crippen molar-refractivity contribution in [3.8, 4) is 11.1 Å². The van der Waals surface area contributed by atoms with Crippen molar-refractivity contribution in [2.24, 2.45) is 0 Å². The van der Waals surface area contributed by atoms with E-state index in [2.05, 4.69) is 4.98 Å². The van der Waals surface area contributed by atoms with E-state index >= 15 is 0 Å². The fraction of sp³-hybridized carbons (Fsp3) is 0.188. The number of carbonyl (C=O) groups is 2. The molecule has 2 aromatic rings. The summed E-state index contributed by atoms with van der Waals surface area (Å²) in [6.45, 7) is 2.72. The van der Waals surface area contributed by atoms with E-state index in [0.717, 1.165) is 18.2 Å². The van der Waals surface area contributed by atoms with E-state index in [9.17, 15) is 33.0 Å². The number of halogens is 3. The average Bonchev–Trinajstić information content (AvgIpc) is 2.44. The molecule has 0 saturated heterocycles. The lowest BCUT2D eigenvalue weighted by Gasteiger charge is -2.16. The van der Waals surface area contributed by atoms with Crippen LogP contribution >= 0.6 is 0 Å². The van der Waals surface area contributed by atoms with Gasteiger partial charge in [-0.15, -0.1) is 0 Å². The molecule has 0 spiro atoms. The molecule has 1 heterocycles. The molecule has 24 heavy (non-hydrogen) atoms. The number of carboxylic acid groups (broad SMARTS) is 2. The molecule has 5 nitrogen and oxygen atoms in total. The third kappa shape index (κ3) is 3.08. The molecule has 1 aromatic heterocycles. The highest BCUT2D eigenvalue weighted by molar-refractivity contribution is 6.06. The number of alkyl halides is 3. The standard InChI is InChI=1S/C16H12F3NO4/c1-7-11(14(21)22)13(12(15(23)24)8(2)20-7)9-4-3-5-10(6-9)16(17,18)19/h3-6H,1-2H3,(H,21,22)(H,23,24). The fourth-order valence-electron chi connectivity index (χ4n) is 2.51. The zero-order valence-electron chi connectivity index (χ0n) is 12.6. The molecule has 2 N–H and O–H groups in total. The second-order valence-corrected chi connectivity index (χ2v) is 5.10. The van der Waals surface area contributed by atoms with Crippen LogP contribution in [0.15, 0.2) is 24.3 Å². The van der Waals surface area contributed by atoms with Gasteiger partial charge in [0.15, 0.2) is 0 Å². The van der Waals surface area contributed by atoms with Crippen molar-refractivity contribution in [2.75, 3.05) is 0 Å². The number of carboxylic acids is 2. The Balaban J connectivity index is 2.92. The minimum Gasteiger partial charge on any atom is -0.478 e. The Kier molecular flexibility index (Phi) is 4.33. The van der Waals surface area contributed by atoms with Crippen molar-refractivity contribution < 1.29 is 33.0 Å². The third-order valence-electron chi connectivity index (χ3n) is 3.47. The number of hydrogen-bond donors (Lipinski definition) is 2. The molecular weight excluding hydrogens is 327 g/mol. The maximum atomic E-state index is 12.9. The fourth-order valence-corrected chi connectivity index (χ4v) is 2.51. The molecule has 0 amide bonds. The summed E-state index contributed by atoms with van der Waals surface area (Å²) in [6.07, 6.45) is -4.64. The molecular formula is C16H12F3NO4. The molecule has 0 bridgehead atoms. The van der Waals surface area contributed by atoms with E-state index in [-0.39, 0.29) is 22.5 Å². The lowest BCUT2D eigenvalue weighted by Crippen LogP contribution is -2.14. The van der Waals surface area contributed by atoms with Crippen LogP contribution in [0.3, 0.4) is 0 Å². The Labute approximate surface area is 134 Å². The highest BCUT2D eigenvalue weighted by Gasteiger charge is 2.32. The number of rotatable bonds is 3. The summed E-state index contributed by atoms with van der Waals surface area (Å²) >= 11 is 0. The summed E-state index contributed by atoms with van der Waals surface area (Å²) in [7, 11) is 0. The van der Waals surface area contributed by atoms with Crippen LogP contribution in [-0.4, -0.2) is 27.1 Å². The first-order valence-electron chi connectivity index (χ1n) is 6.69. The molecule has 0 unspecified atom stereocenters. The molecule has 2 rings (SSSR count). The highest BCUT2D eigenvalue weighted by Crippen LogP contribution is 2.36. The molecule has 0 radical (unpaired) electrons. The molecule has 0 aliphatic rings. The second kappa shape index (κ2) is 5.95. The number of aromatic carboxylic acids is 2. The topological polar surface area (TPSA) is 87.5 Å². The van der Waals surface area contributed by atoms with E-state index in [1.165, 1.54) is 19.9 Å². The Morgan fingerprint density at radius 1 is 1.00 bits per heavy atom. The smallest absolute Gasteiger partial charge is 0.416 e. The maximum absolute atomic E-state index is 12.9. The van der Waals surface area contributed by atoms with E-state index < -0.39 is 34.8 Å². The highest BCUT2D eigenvalue weighted by atomic mass is 19.4. The van der Waals surface area contributed by atoms with Crippen molar-refractivity contribution in [1.82, 2.24) is 4.98 Å². The molecule has 0 fully saturated rings. The Morgan fingerprint density at radius 2 is 1.50 bits per heavy atom. The van der Waals surface area contributed by atoms with Crippen LogP contribution < -0.4 is 0 Å². The van der Waals surface area contributed by atoms with Crippen LogP contribution in [0.1, 0.15) is 37.7 Å². The van der Waals surface area contributed by atoms with Crippen molar-refractivity contribution in [1.29, 1.82) is 0 Å². The SMILES string of the molecule is Cc1nc(C)c(C(=O)O)c(-c2cccc(C(F)(F)F)c2)c1C(=O)O. The summed E-state index contributed by atoms with van der Waals surface area (Å²) in [4.78, 5) is 26.9. The van der Waals surface area contributed by atoms with Crippen molar-refractivity contribution in [3.05, 3.63) is 52.3 Å². The maximum Gasteiger partial charge on any atom is 0.416 e. The zero-order valence-corrected chi connectivity index (χ0v) is 12.6. The number of aromatic nitrogens is 1. The van der Waals surface area contributed by atoms with Gasteiger partial charge in [-0.1, -0.05) is 12.1 Å². The van der Waals surface area contributed by atoms with E-state index in [1.807, 2.05) is 0 Å². The number of nitrogens with zero attached hydrogens (tertiary/aromatic N) is 1. The molecule has 8 heteroatoms. The summed E-state index contributed by atoms with van der Waals surface area (Å²) in [5, 5.41) is 18.8. The van der Waals surface area contributed by atoms with Gasteiger partial charge in [0.25, 0.3) is 0 Å². The quantitative estimate of drug-likeness (QED) is 0.888. The first-order valence-corrected chi connectivity index (χ1v) is 6.69. The first-order chi connectivity index (χ1) is 11.0. The number of hydrogen-bond acceptors (Lipinski definition) is 3. The van der Waals surface area contributed by atoms with Crippen LogP contribution in [0.5, 0.6) is 0 Å². The Bertz CT molecular complexity index is 806. The van der Waals surface area contributed by atoms with Gasteiger partial charge in [0, 0.05) is 5.56 Å². The predicted molar refractivity (Wildman–Crippen MR) is 78.1 cm³/mol. The summed E-state index contributed by atoms with van der Waals surface area (Å²) in [5.41, 5.74) is -2.25. The van der Waals surface area contributed by atoms with Crippen molar-refractivity contribution >= 4 is 11.9 Å². The van der Waals surface area contributed by atoms with Crippen molar-refractivity contribution in [2.45, 2.75) is 20.0 Å². The van der Waals surface area contributed by atoms with Crippen LogP contribution in [-0.2, 0) is 6.18 Å². The molecule has 0 aliphatic carbocycles. The van der Waals surface area contributed by atoms with Crippen LogP contribution in [0.2, 0.25) is 0 Å². The lowest BCUT2D eigenvalue weighted by atomic mass is 9.91. The molecule has 1 aromatic carbocycles. The van der Waals surface area contributed by atoms with Gasteiger partial charge in [-0.3, -0.25) is 4.98 Å². The monoisotopic (exact) mass is 339 g/mol. The second-order valence-electron chi connectivity index (χ2n) is 5.10. The van der Waals surface area contributed by atoms with Crippen LogP contribution in [0.4, 0.5) is 13.2 Å². The minimum absolute atomic E-state index is 0.0254. The third-order valence-corrected chi connectivity index (χ3v) is 3.47. The summed E-state index contributed by atoms with van der Waals surface area (Å²) in [5.74, 6) is -2.93. The molecule has 0 aliphatic heterocycles. The van der Waals surface area contributed by atoms with Gasteiger partial charge in [0.2, 0.25) is 0 Å². The predicted octanol–water partition coefficient (Wildman–Crippen LogP) is 3.78. The first kappa shape index (κ1) is 17.5. The Morgan fingerprint density at radius 3 is 1.92 bits per heavy atom. The van der Waals surface area contributed by atoms with E-state index in [4.69, 9.17) is 0 Å². The van der Waals surface area contributed by atoms with Gasteiger partial charge in [0.05, 0.1) is 28.1 Å². The number of pyridine rings is 1. The zero-order chi connectivity index (χ0) is 18.2. The minimum atomic E-state index is -4.64. The molecule has 126 valence electrons. The van der Waals surface area contributed by atoms with Gasteiger partial charge in [-0.2, -0.15) is 13.2 Å². The van der Waals surface area contributed by atoms with E-state index in [1.54, 1.807) is 0 Å². The van der Waals surface area contributed by atoms with Gasteiger partial charge < -0.3 is 10.2 Å². The number of benzene rings is 1.